The molecule has 0 spiro atoms. The van der Waals surface area contributed by atoms with E-state index >= 15 is 0 Å². The summed E-state index contributed by atoms with van der Waals surface area (Å²) in [6, 6.07) is 0. The van der Waals surface area contributed by atoms with E-state index in [0.29, 0.717) is 0 Å². The van der Waals surface area contributed by atoms with Crippen LogP contribution >= 0.6 is 0 Å². The molecule has 7 heteroatoms. The van der Waals surface area contributed by atoms with Crippen molar-refractivity contribution in [1.29, 1.82) is 0 Å². The topological polar surface area (TPSA) is 124 Å². The zero-order chi connectivity index (χ0) is 9.86. The summed E-state index contributed by atoms with van der Waals surface area (Å²) in [6.45, 7) is 2.36. The highest BCUT2D eigenvalue weighted by molar-refractivity contribution is 5.82. The van der Waals surface area contributed by atoms with Crippen LogP contribution < -0.4 is 0 Å². The lowest BCUT2D eigenvalue weighted by molar-refractivity contribution is -0.176. The Morgan fingerprint density at radius 1 is 0.909 bits per heavy atom. The van der Waals surface area contributed by atoms with Crippen molar-refractivity contribution in [1.82, 2.24) is 0 Å². The molecule has 0 radical (unpaired) electrons. The van der Waals surface area contributed by atoms with Crippen molar-refractivity contribution in [2.24, 2.45) is 0 Å². The first-order chi connectivity index (χ1) is 5.13. The van der Waals surface area contributed by atoms with E-state index in [2.05, 4.69) is 4.74 Å². The number of ether oxygens (including phenoxy) is 1. The minimum Gasteiger partial charge on any atom is -0.394 e. The van der Waals surface area contributed by atoms with Gasteiger partial charge in [-0.2, -0.15) is 0 Å². The lowest BCUT2D eigenvalue weighted by atomic mass is 10.7. The SMILES string of the molecule is CC(=O)OC(C)=O.OO.OO. The maximum Gasteiger partial charge on any atom is 0.310 e. The van der Waals surface area contributed by atoms with Gasteiger partial charge in [0.2, 0.25) is 0 Å². The van der Waals surface area contributed by atoms with Crippen molar-refractivity contribution >= 4 is 11.9 Å². The Labute approximate surface area is 62.3 Å². The Morgan fingerprint density at radius 2 is 1.09 bits per heavy atom. The van der Waals surface area contributed by atoms with E-state index in [4.69, 9.17) is 21.0 Å². The molecule has 0 aromatic carbocycles. The van der Waals surface area contributed by atoms with Crippen molar-refractivity contribution in [3.8, 4) is 0 Å². The number of hydrogen-bond donors (Lipinski definition) is 4. The molecule has 0 amide bonds. The number of carbonyl (C=O) groups is 2. The highest BCUT2D eigenvalue weighted by Gasteiger charge is 1.93. The van der Waals surface area contributed by atoms with Crippen LogP contribution in [0.5, 0.6) is 0 Å². The van der Waals surface area contributed by atoms with Crippen LogP contribution in [-0.4, -0.2) is 33.0 Å². The van der Waals surface area contributed by atoms with Crippen molar-refractivity contribution in [3.05, 3.63) is 0 Å². The Kier molecular flexibility index (Phi) is 24.0. The molecule has 0 aromatic heterocycles. The number of rotatable bonds is 0. The predicted molar refractivity (Wildman–Crippen MR) is 33.0 cm³/mol. The molecule has 0 saturated carbocycles. The molecule has 0 fully saturated rings. The minimum atomic E-state index is -0.562. The molecule has 7 nitrogen and oxygen atoms in total. The van der Waals surface area contributed by atoms with Gasteiger partial charge in [0, 0.05) is 13.8 Å². The zero-order valence-corrected chi connectivity index (χ0v) is 6.01. The molecule has 0 aliphatic heterocycles. The molecule has 11 heavy (non-hydrogen) atoms. The van der Waals surface area contributed by atoms with Gasteiger partial charge in [0.1, 0.15) is 0 Å². The van der Waals surface area contributed by atoms with Gasteiger partial charge in [0.05, 0.1) is 0 Å². The van der Waals surface area contributed by atoms with E-state index < -0.39 is 11.9 Å². The average molecular weight is 170 g/mol. The average Bonchev–Trinajstić information content (AvgIpc) is 1.93. The predicted octanol–water partition coefficient (Wildman–Crippen LogP) is 0.131. The summed E-state index contributed by atoms with van der Waals surface area (Å²) in [7, 11) is 0. The van der Waals surface area contributed by atoms with Gasteiger partial charge in [0.15, 0.2) is 0 Å². The van der Waals surface area contributed by atoms with Gasteiger partial charge in [-0.25, -0.2) is 0 Å². The number of esters is 2. The van der Waals surface area contributed by atoms with Crippen molar-refractivity contribution in [3.63, 3.8) is 0 Å². The fourth-order valence-corrected chi connectivity index (χ4v) is 0.202. The maximum atomic E-state index is 9.81. The van der Waals surface area contributed by atoms with Gasteiger partial charge in [-0.1, -0.05) is 0 Å². The van der Waals surface area contributed by atoms with E-state index in [1.165, 1.54) is 13.8 Å². The Bertz CT molecular complexity index is 86.6. The molecule has 68 valence electrons. The Balaban J connectivity index is -0.000000138. The molecular weight excluding hydrogens is 160 g/mol. The van der Waals surface area contributed by atoms with Gasteiger partial charge in [-0.3, -0.25) is 30.6 Å². The first-order valence-corrected chi connectivity index (χ1v) is 2.22. The van der Waals surface area contributed by atoms with Crippen LogP contribution in [-0.2, 0) is 14.3 Å². The summed E-state index contributed by atoms with van der Waals surface area (Å²) >= 11 is 0. The van der Waals surface area contributed by atoms with Crippen molar-refractivity contribution < 1.29 is 35.4 Å². The molecular formula is C4H10O7. The van der Waals surface area contributed by atoms with Crippen LogP contribution in [0, 0.1) is 0 Å². The van der Waals surface area contributed by atoms with Crippen LogP contribution in [0.1, 0.15) is 13.8 Å². The summed E-state index contributed by atoms with van der Waals surface area (Å²) in [4.78, 5) is 19.6. The van der Waals surface area contributed by atoms with E-state index in [0.717, 1.165) is 0 Å². The summed E-state index contributed by atoms with van der Waals surface area (Å²) in [5.41, 5.74) is 0. The monoisotopic (exact) mass is 170 g/mol. The van der Waals surface area contributed by atoms with Crippen molar-refractivity contribution in [2.45, 2.75) is 13.8 Å². The fraction of sp³-hybridized carbons (Fsp3) is 0.500. The van der Waals surface area contributed by atoms with E-state index in [-0.39, 0.29) is 0 Å². The second-order valence-electron chi connectivity index (χ2n) is 1.09. The molecule has 0 atom stereocenters. The number of carbonyl (C=O) groups excluding carboxylic acids is 2. The molecule has 0 unspecified atom stereocenters. The molecule has 0 aliphatic carbocycles. The summed E-state index contributed by atoms with van der Waals surface area (Å²) in [6.07, 6.45) is 0. The lowest BCUT2D eigenvalue weighted by Crippen LogP contribution is -2.03. The standard InChI is InChI=1S/C4H6O3.2H2O2/c1-3(5)7-4(2)6;2*1-2/h1-2H3;2*1-2H. The molecule has 0 saturated heterocycles. The molecule has 4 N–H and O–H groups in total. The summed E-state index contributed by atoms with van der Waals surface area (Å²) < 4.78 is 3.97. The summed E-state index contributed by atoms with van der Waals surface area (Å²) in [5, 5.41) is 24.0. The highest BCUT2D eigenvalue weighted by Crippen LogP contribution is 1.73. The first-order valence-electron chi connectivity index (χ1n) is 2.22. The third kappa shape index (κ3) is 49.3. The molecule has 0 heterocycles. The van der Waals surface area contributed by atoms with Gasteiger partial charge >= 0.3 is 11.9 Å². The fourth-order valence-electron chi connectivity index (χ4n) is 0.202. The Hall–Kier alpha value is -1.02. The molecule has 0 rings (SSSR count). The second kappa shape index (κ2) is 16.0. The van der Waals surface area contributed by atoms with E-state index in [1.807, 2.05) is 0 Å². The third-order valence-electron chi connectivity index (χ3n) is 0.287. The van der Waals surface area contributed by atoms with Gasteiger partial charge in [-0.05, 0) is 0 Å². The number of hydrogen-bond acceptors (Lipinski definition) is 7. The summed E-state index contributed by atoms with van der Waals surface area (Å²) in [5.74, 6) is -1.12. The lowest BCUT2D eigenvalue weighted by Gasteiger charge is -1.87. The highest BCUT2D eigenvalue weighted by atomic mass is 17.0. The minimum absolute atomic E-state index is 0.562. The molecule has 0 aliphatic rings. The van der Waals surface area contributed by atoms with Crippen LogP contribution in [0.4, 0.5) is 0 Å². The maximum absolute atomic E-state index is 9.81. The van der Waals surface area contributed by atoms with Crippen LogP contribution in [0.2, 0.25) is 0 Å². The van der Waals surface area contributed by atoms with Gasteiger partial charge in [0.25, 0.3) is 0 Å². The quantitative estimate of drug-likeness (QED) is 0.176. The zero-order valence-electron chi connectivity index (χ0n) is 6.01. The largest absolute Gasteiger partial charge is 0.394 e. The van der Waals surface area contributed by atoms with Gasteiger partial charge in [-0.15, -0.1) is 0 Å². The van der Waals surface area contributed by atoms with Crippen LogP contribution in [0.3, 0.4) is 0 Å². The molecule has 0 aromatic rings. The third-order valence-corrected chi connectivity index (χ3v) is 0.287. The van der Waals surface area contributed by atoms with Crippen LogP contribution in [0.25, 0.3) is 0 Å². The Morgan fingerprint density at radius 3 is 1.09 bits per heavy atom. The smallest absolute Gasteiger partial charge is 0.310 e. The first kappa shape index (κ1) is 16.5. The van der Waals surface area contributed by atoms with Crippen molar-refractivity contribution in [2.75, 3.05) is 0 Å². The second-order valence-corrected chi connectivity index (χ2v) is 1.09. The van der Waals surface area contributed by atoms with E-state index in [1.54, 1.807) is 0 Å². The van der Waals surface area contributed by atoms with Crippen LogP contribution in [0.15, 0.2) is 0 Å². The molecule has 0 bridgehead atoms. The normalized spacial score (nSPS) is 6.00. The van der Waals surface area contributed by atoms with Gasteiger partial charge < -0.3 is 4.74 Å². The van der Waals surface area contributed by atoms with E-state index in [9.17, 15) is 9.59 Å².